The smallest absolute Gasteiger partial charge is 0.0487 e. The molecule has 16 heavy (non-hydrogen) atoms. The first kappa shape index (κ1) is 11.7. The van der Waals surface area contributed by atoms with E-state index in [-0.39, 0.29) is 0 Å². The molecule has 2 rings (SSSR count). The second-order valence-electron chi connectivity index (χ2n) is 3.84. The Hall–Kier alpha value is -0.790. The molecule has 0 atom stereocenters. The molecule has 82 valence electrons. The minimum atomic E-state index is 0.807. The van der Waals surface area contributed by atoms with E-state index in [0.29, 0.717) is 0 Å². The second kappa shape index (κ2) is 4.60. The molecular formula is C14H12BrCl. The molecule has 0 radical (unpaired) electrons. The van der Waals surface area contributed by atoms with Crippen molar-refractivity contribution < 1.29 is 0 Å². The molecule has 0 aliphatic carbocycles. The molecule has 0 fully saturated rings. The Bertz CT molecular complexity index is 512. The molecule has 2 aromatic carbocycles. The van der Waals surface area contributed by atoms with Crippen molar-refractivity contribution in [2.24, 2.45) is 0 Å². The lowest BCUT2D eigenvalue weighted by molar-refractivity contribution is 1.39. The molecule has 0 amide bonds. The van der Waals surface area contributed by atoms with Crippen LogP contribution in [0.2, 0.25) is 5.02 Å². The lowest BCUT2D eigenvalue weighted by Crippen LogP contribution is -1.89. The van der Waals surface area contributed by atoms with Crippen molar-refractivity contribution in [1.29, 1.82) is 0 Å². The lowest BCUT2D eigenvalue weighted by atomic mass is 9.97. The topological polar surface area (TPSA) is 0 Å². The molecule has 0 unspecified atom stereocenters. The zero-order valence-corrected chi connectivity index (χ0v) is 11.6. The van der Waals surface area contributed by atoms with Gasteiger partial charge in [-0.2, -0.15) is 0 Å². The first-order chi connectivity index (χ1) is 7.61. The number of hydrogen-bond donors (Lipinski definition) is 0. The van der Waals surface area contributed by atoms with Crippen LogP contribution in [-0.4, -0.2) is 0 Å². The third kappa shape index (κ3) is 2.02. The van der Waals surface area contributed by atoms with Crippen LogP contribution in [0.4, 0.5) is 0 Å². The summed E-state index contributed by atoms with van der Waals surface area (Å²) in [5, 5.41) is 0.807. The predicted octanol–water partition coefficient (Wildman–Crippen LogP) is 5.39. The molecule has 0 heterocycles. The highest BCUT2D eigenvalue weighted by molar-refractivity contribution is 9.10. The van der Waals surface area contributed by atoms with E-state index in [2.05, 4.69) is 41.9 Å². The molecule has 0 aliphatic rings. The van der Waals surface area contributed by atoms with E-state index in [1.165, 1.54) is 16.7 Å². The summed E-state index contributed by atoms with van der Waals surface area (Å²) in [4.78, 5) is 0. The van der Waals surface area contributed by atoms with Crippen LogP contribution >= 0.6 is 27.5 Å². The molecular weight excluding hydrogens is 284 g/mol. The molecule has 0 saturated heterocycles. The molecule has 0 bridgehead atoms. The van der Waals surface area contributed by atoms with Crippen LogP contribution in [0.1, 0.15) is 11.1 Å². The van der Waals surface area contributed by atoms with Crippen molar-refractivity contribution in [3.05, 3.63) is 57.0 Å². The van der Waals surface area contributed by atoms with E-state index < -0.39 is 0 Å². The van der Waals surface area contributed by atoms with Gasteiger partial charge in [-0.3, -0.25) is 0 Å². The molecule has 0 nitrogen and oxygen atoms in total. The zero-order chi connectivity index (χ0) is 11.7. The quantitative estimate of drug-likeness (QED) is 0.662. The van der Waals surface area contributed by atoms with Gasteiger partial charge >= 0.3 is 0 Å². The summed E-state index contributed by atoms with van der Waals surface area (Å²) in [5.74, 6) is 0. The van der Waals surface area contributed by atoms with E-state index in [0.717, 1.165) is 15.1 Å². The van der Waals surface area contributed by atoms with E-state index in [4.69, 9.17) is 11.6 Å². The summed E-state index contributed by atoms with van der Waals surface area (Å²) in [6.07, 6.45) is 0. The third-order valence-corrected chi connectivity index (χ3v) is 3.93. The van der Waals surface area contributed by atoms with Crippen molar-refractivity contribution in [3.8, 4) is 11.1 Å². The minimum absolute atomic E-state index is 0.807. The Morgan fingerprint density at radius 2 is 1.69 bits per heavy atom. The van der Waals surface area contributed by atoms with Crippen LogP contribution in [0.3, 0.4) is 0 Å². The van der Waals surface area contributed by atoms with Gasteiger partial charge in [0.2, 0.25) is 0 Å². The Morgan fingerprint density at radius 1 is 1.00 bits per heavy atom. The van der Waals surface area contributed by atoms with Gasteiger partial charge in [-0.25, -0.2) is 0 Å². The maximum Gasteiger partial charge on any atom is 0.0487 e. The molecule has 0 spiro atoms. The van der Waals surface area contributed by atoms with Gasteiger partial charge in [-0.05, 0) is 42.7 Å². The van der Waals surface area contributed by atoms with Gasteiger partial charge in [0, 0.05) is 15.1 Å². The summed E-state index contributed by atoms with van der Waals surface area (Å²) in [6.45, 7) is 4.18. The molecule has 2 aromatic rings. The Labute approximate surface area is 109 Å². The fourth-order valence-corrected chi connectivity index (χ4v) is 2.54. The lowest BCUT2D eigenvalue weighted by Gasteiger charge is -2.12. The van der Waals surface area contributed by atoms with Crippen LogP contribution in [-0.2, 0) is 0 Å². The van der Waals surface area contributed by atoms with Gasteiger partial charge in [0.1, 0.15) is 0 Å². The van der Waals surface area contributed by atoms with Crippen molar-refractivity contribution in [3.63, 3.8) is 0 Å². The number of benzene rings is 2. The van der Waals surface area contributed by atoms with Crippen LogP contribution < -0.4 is 0 Å². The Kier molecular flexibility index (Phi) is 3.36. The van der Waals surface area contributed by atoms with Gasteiger partial charge < -0.3 is 0 Å². The summed E-state index contributed by atoms with van der Waals surface area (Å²) in [6, 6.07) is 12.2. The van der Waals surface area contributed by atoms with E-state index in [1.54, 1.807) is 0 Å². The highest BCUT2D eigenvalue weighted by atomic mass is 79.9. The van der Waals surface area contributed by atoms with E-state index in [9.17, 15) is 0 Å². The molecule has 2 heteroatoms. The van der Waals surface area contributed by atoms with Gasteiger partial charge in [-0.15, -0.1) is 0 Å². The van der Waals surface area contributed by atoms with Crippen LogP contribution in [0.5, 0.6) is 0 Å². The second-order valence-corrected chi connectivity index (χ2v) is 5.11. The monoisotopic (exact) mass is 294 g/mol. The van der Waals surface area contributed by atoms with Crippen LogP contribution in [0.25, 0.3) is 11.1 Å². The van der Waals surface area contributed by atoms with Gasteiger partial charge in [0.05, 0.1) is 0 Å². The van der Waals surface area contributed by atoms with Crippen LogP contribution in [0, 0.1) is 13.8 Å². The highest BCUT2D eigenvalue weighted by Gasteiger charge is 2.10. The van der Waals surface area contributed by atoms with Crippen molar-refractivity contribution >= 4 is 27.5 Å². The number of rotatable bonds is 1. The predicted molar refractivity (Wildman–Crippen MR) is 74.1 cm³/mol. The first-order valence-corrected chi connectivity index (χ1v) is 6.29. The first-order valence-electron chi connectivity index (χ1n) is 5.12. The van der Waals surface area contributed by atoms with E-state index >= 15 is 0 Å². The number of halogens is 2. The SMILES string of the molecule is Cc1cccc(Cl)c1-c1cccc(Br)c1C. The van der Waals surface area contributed by atoms with E-state index in [1.807, 2.05) is 24.3 Å². The van der Waals surface area contributed by atoms with Crippen molar-refractivity contribution in [2.75, 3.05) is 0 Å². The summed E-state index contributed by atoms with van der Waals surface area (Å²) < 4.78 is 1.12. The maximum absolute atomic E-state index is 6.27. The van der Waals surface area contributed by atoms with Crippen molar-refractivity contribution in [2.45, 2.75) is 13.8 Å². The summed E-state index contributed by atoms with van der Waals surface area (Å²) in [5.41, 5.74) is 4.74. The zero-order valence-electron chi connectivity index (χ0n) is 9.22. The number of aryl methyl sites for hydroxylation is 1. The highest BCUT2D eigenvalue weighted by Crippen LogP contribution is 2.35. The largest absolute Gasteiger partial charge is 0.0837 e. The minimum Gasteiger partial charge on any atom is -0.0837 e. The maximum atomic E-state index is 6.27. The molecule has 0 aliphatic heterocycles. The summed E-state index contributed by atoms with van der Waals surface area (Å²) in [7, 11) is 0. The van der Waals surface area contributed by atoms with Crippen LogP contribution in [0.15, 0.2) is 40.9 Å². The standard InChI is InChI=1S/C14H12BrCl/c1-9-5-3-8-13(16)14(9)11-6-4-7-12(15)10(11)2/h3-8H,1-2H3. The van der Waals surface area contributed by atoms with Gasteiger partial charge in [0.25, 0.3) is 0 Å². The normalized spacial score (nSPS) is 10.5. The van der Waals surface area contributed by atoms with Crippen molar-refractivity contribution in [1.82, 2.24) is 0 Å². The fraction of sp³-hybridized carbons (Fsp3) is 0.143. The molecule has 0 saturated carbocycles. The molecule has 0 N–H and O–H groups in total. The van der Waals surface area contributed by atoms with Gasteiger partial charge in [-0.1, -0.05) is 51.8 Å². The third-order valence-electron chi connectivity index (χ3n) is 2.76. The molecule has 0 aromatic heterocycles. The summed E-state index contributed by atoms with van der Waals surface area (Å²) >= 11 is 9.82. The Morgan fingerprint density at radius 3 is 2.38 bits per heavy atom. The number of hydrogen-bond acceptors (Lipinski definition) is 0. The average Bonchev–Trinajstić information content (AvgIpc) is 2.24. The van der Waals surface area contributed by atoms with Gasteiger partial charge in [0.15, 0.2) is 0 Å². The fourth-order valence-electron chi connectivity index (χ4n) is 1.85. The Balaban J connectivity index is 2.73. The average molecular weight is 296 g/mol.